The topological polar surface area (TPSA) is 106 Å². The van der Waals surface area contributed by atoms with Crippen molar-refractivity contribution in [2.24, 2.45) is 10.3 Å². The van der Waals surface area contributed by atoms with Crippen molar-refractivity contribution in [3.05, 3.63) is 23.8 Å². The molecule has 0 amide bonds. The predicted molar refractivity (Wildman–Crippen MR) is 48.4 cm³/mol. The lowest BCUT2D eigenvalue weighted by Gasteiger charge is -2.00. The summed E-state index contributed by atoms with van der Waals surface area (Å²) < 4.78 is 0. The molecule has 1 rings (SSSR count). The highest BCUT2D eigenvalue weighted by Gasteiger charge is 2.05. The number of hydrogen-bond donors (Lipinski definition) is 4. The Morgan fingerprint density at radius 2 is 1.86 bits per heavy atom. The summed E-state index contributed by atoms with van der Waals surface area (Å²) in [6.45, 7) is 0. The molecule has 14 heavy (non-hydrogen) atoms. The van der Waals surface area contributed by atoms with Crippen molar-refractivity contribution in [1.29, 1.82) is 0 Å². The molecule has 1 aromatic carbocycles. The van der Waals surface area contributed by atoms with Crippen molar-refractivity contribution >= 4 is 11.9 Å². The second kappa shape index (κ2) is 4.13. The summed E-state index contributed by atoms with van der Waals surface area (Å²) >= 11 is 0. The molecular weight excluding hydrogens is 188 g/mol. The minimum atomic E-state index is -0.352. The zero-order chi connectivity index (χ0) is 10.6. The van der Waals surface area contributed by atoms with Gasteiger partial charge in [0.25, 0.3) is 0 Å². The molecule has 0 aliphatic heterocycles. The van der Waals surface area contributed by atoms with Gasteiger partial charge in [-0.05, 0) is 18.2 Å². The van der Waals surface area contributed by atoms with Crippen LogP contribution in [0.15, 0.2) is 28.5 Å². The van der Waals surface area contributed by atoms with Gasteiger partial charge in [-0.1, -0.05) is 10.3 Å². The summed E-state index contributed by atoms with van der Waals surface area (Å²) in [5.74, 6) is -0.637. The lowest BCUT2D eigenvalue weighted by molar-refractivity contribution is 0.316. The zero-order valence-corrected chi connectivity index (χ0v) is 6.99. The van der Waals surface area contributed by atoms with E-state index < -0.39 is 0 Å². The van der Waals surface area contributed by atoms with Crippen molar-refractivity contribution < 1.29 is 20.6 Å². The summed E-state index contributed by atoms with van der Waals surface area (Å²) in [6.07, 6.45) is 0.895. The lowest BCUT2D eigenvalue weighted by atomic mass is 10.1. The fourth-order valence-electron chi connectivity index (χ4n) is 0.896. The van der Waals surface area contributed by atoms with Crippen molar-refractivity contribution in [3.8, 4) is 11.5 Å². The van der Waals surface area contributed by atoms with Gasteiger partial charge in [-0.15, -0.1) is 0 Å². The number of phenols is 2. The molecule has 6 nitrogen and oxygen atoms in total. The summed E-state index contributed by atoms with van der Waals surface area (Å²) in [5, 5.41) is 40.4. The normalized spacial score (nSPS) is 12.1. The molecule has 4 N–H and O–H groups in total. The van der Waals surface area contributed by atoms with Crippen LogP contribution in [-0.2, 0) is 0 Å². The van der Waals surface area contributed by atoms with Crippen LogP contribution < -0.4 is 0 Å². The van der Waals surface area contributed by atoms with E-state index in [1.807, 2.05) is 0 Å². The Balaban J connectivity index is 3.13. The quantitative estimate of drug-likeness (QED) is 0.242. The maximum atomic E-state index is 9.12. The van der Waals surface area contributed by atoms with Crippen LogP contribution in [0.1, 0.15) is 5.56 Å². The molecular formula is C8H8N2O4. The number of phenolic OH excluding ortho intramolecular Hbond substituents is 2. The second-order valence-electron chi connectivity index (χ2n) is 2.43. The van der Waals surface area contributed by atoms with E-state index in [1.165, 1.54) is 18.2 Å². The van der Waals surface area contributed by atoms with Gasteiger partial charge in [0.2, 0.25) is 0 Å². The van der Waals surface area contributed by atoms with Gasteiger partial charge in [-0.25, -0.2) is 0 Å². The van der Waals surface area contributed by atoms with E-state index in [1.54, 1.807) is 0 Å². The molecule has 0 saturated carbocycles. The van der Waals surface area contributed by atoms with E-state index >= 15 is 0 Å². The average Bonchev–Trinajstić information content (AvgIpc) is 2.19. The van der Waals surface area contributed by atoms with Crippen LogP contribution >= 0.6 is 0 Å². The van der Waals surface area contributed by atoms with Crippen LogP contribution in [0.2, 0.25) is 0 Å². The van der Waals surface area contributed by atoms with E-state index in [0.29, 0.717) is 5.56 Å². The molecule has 1 aromatic rings. The third kappa shape index (κ3) is 1.92. The van der Waals surface area contributed by atoms with Crippen LogP contribution in [-0.4, -0.2) is 32.6 Å². The minimum Gasteiger partial charge on any atom is -0.504 e. The third-order valence-electron chi connectivity index (χ3n) is 1.56. The number of aromatic hydroxyl groups is 2. The lowest BCUT2D eigenvalue weighted by Crippen LogP contribution is -2.02. The molecule has 0 saturated heterocycles. The molecule has 0 aliphatic rings. The number of nitrogens with zero attached hydrogens (tertiary/aromatic N) is 2. The monoisotopic (exact) mass is 196 g/mol. The SMILES string of the molecule is O/N=C(\C=N\O)c1ccc(O)c(O)c1. The Morgan fingerprint density at radius 3 is 2.36 bits per heavy atom. The average molecular weight is 196 g/mol. The van der Waals surface area contributed by atoms with Crippen molar-refractivity contribution in [3.63, 3.8) is 0 Å². The van der Waals surface area contributed by atoms with Gasteiger partial charge in [-0.2, -0.15) is 0 Å². The van der Waals surface area contributed by atoms with Crippen LogP contribution in [0, 0.1) is 0 Å². The maximum Gasteiger partial charge on any atom is 0.158 e. The first-order valence-corrected chi connectivity index (χ1v) is 3.61. The molecule has 6 heteroatoms. The first kappa shape index (κ1) is 9.85. The summed E-state index contributed by atoms with van der Waals surface area (Å²) in [6, 6.07) is 3.79. The maximum absolute atomic E-state index is 9.12. The second-order valence-corrected chi connectivity index (χ2v) is 2.43. The molecule has 0 heterocycles. The molecule has 0 aromatic heterocycles. The highest BCUT2D eigenvalue weighted by Crippen LogP contribution is 2.24. The molecule has 0 spiro atoms. The molecule has 0 fully saturated rings. The number of hydrogen-bond acceptors (Lipinski definition) is 6. The van der Waals surface area contributed by atoms with Crippen LogP contribution in [0.5, 0.6) is 11.5 Å². The van der Waals surface area contributed by atoms with E-state index in [9.17, 15) is 0 Å². The van der Waals surface area contributed by atoms with Crippen molar-refractivity contribution in [1.82, 2.24) is 0 Å². The van der Waals surface area contributed by atoms with Gasteiger partial charge in [-0.3, -0.25) is 0 Å². The Kier molecular flexibility index (Phi) is 2.90. The first-order valence-electron chi connectivity index (χ1n) is 3.61. The van der Waals surface area contributed by atoms with Crippen LogP contribution in [0.4, 0.5) is 0 Å². The fraction of sp³-hybridized carbons (Fsp3) is 0. The molecule has 0 unspecified atom stereocenters. The van der Waals surface area contributed by atoms with E-state index in [2.05, 4.69) is 10.3 Å². The van der Waals surface area contributed by atoms with Gasteiger partial charge in [0.05, 0.1) is 6.21 Å². The minimum absolute atomic E-state index is 0.0391. The van der Waals surface area contributed by atoms with Crippen molar-refractivity contribution in [2.45, 2.75) is 0 Å². The summed E-state index contributed by atoms with van der Waals surface area (Å²) in [4.78, 5) is 0. The van der Waals surface area contributed by atoms with Crippen LogP contribution in [0.25, 0.3) is 0 Å². The van der Waals surface area contributed by atoms with Gasteiger partial charge in [0.15, 0.2) is 11.5 Å². The summed E-state index contributed by atoms with van der Waals surface area (Å²) in [7, 11) is 0. The van der Waals surface area contributed by atoms with Gasteiger partial charge in [0, 0.05) is 5.56 Å². The predicted octanol–water partition coefficient (Wildman–Crippen LogP) is 0.736. The highest BCUT2D eigenvalue weighted by molar-refractivity contribution is 6.37. The summed E-state index contributed by atoms with van der Waals surface area (Å²) in [5.41, 5.74) is 0.267. The largest absolute Gasteiger partial charge is 0.504 e. The van der Waals surface area contributed by atoms with Crippen molar-refractivity contribution in [2.75, 3.05) is 0 Å². The molecule has 74 valence electrons. The standard InChI is InChI=1S/C8H8N2O4/c11-7-2-1-5(3-8(7)12)6(10-14)4-9-13/h1-4,11-14H/b9-4+,10-6+. The molecule has 0 bridgehead atoms. The Morgan fingerprint density at radius 1 is 1.14 bits per heavy atom. The zero-order valence-electron chi connectivity index (χ0n) is 6.99. The van der Waals surface area contributed by atoms with Gasteiger partial charge < -0.3 is 20.6 Å². The number of rotatable bonds is 2. The molecule has 0 aliphatic carbocycles. The Labute approximate surface area is 79.0 Å². The molecule has 0 radical (unpaired) electrons. The van der Waals surface area contributed by atoms with E-state index in [-0.39, 0.29) is 17.2 Å². The Bertz CT molecular complexity index is 387. The number of oxime groups is 2. The van der Waals surface area contributed by atoms with E-state index in [4.69, 9.17) is 20.6 Å². The third-order valence-corrected chi connectivity index (χ3v) is 1.56. The van der Waals surface area contributed by atoms with Gasteiger partial charge in [0.1, 0.15) is 5.71 Å². The fourth-order valence-corrected chi connectivity index (χ4v) is 0.896. The van der Waals surface area contributed by atoms with Crippen LogP contribution in [0.3, 0.4) is 0 Å². The smallest absolute Gasteiger partial charge is 0.158 e. The molecule has 0 atom stereocenters. The highest BCUT2D eigenvalue weighted by atomic mass is 16.4. The Hall–Kier alpha value is -2.24. The van der Waals surface area contributed by atoms with Gasteiger partial charge >= 0.3 is 0 Å². The van der Waals surface area contributed by atoms with E-state index in [0.717, 1.165) is 6.21 Å². The first-order chi connectivity index (χ1) is 6.69. The number of benzene rings is 1.